The number of hydrogen-bond donors (Lipinski definition) is 1. The van der Waals surface area contributed by atoms with Crippen LogP contribution in [0, 0.1) is 5.92 Å². The Balaban J connectivity index is 2.14. The Labute approximate surface area is 129 Å². The van der Waals surface area contributed by atoms with Crippen LogP contribution in [0.15, 0.2) is 23.2 Å². The summed E-state index contributed by atoms with van der Waals surface area (Å²) in [6, 6.07) is 2.97. The van der Waals surface area contributed by atoms with Crippen LogP contribution in [0.1, 0.15) is 18.4 Å². The number of nitrogens with zero attached hydrogens (tertiary/aromatic N) is 1. The molecule has 2 amide bonds. The van der Waals surface area contributed by atoms with E-state index >= 15 is 0 Å². The van der Waals surface area contributed by atoms with Crippen LogP contribution >= 0.6 is 11.6 Å². The first kappa shape index (κ1) is 15.3. The minimum Gasteiger partial charge on any atom is -0.356 e. The van der Waals surface area contributed by atoms with E-state index in [1.54, 1.807) is 0 Å². The Morgan fingerprint density at radius 1 is 1.41 bits per heavy atom. The van der Waals surface area contributed by atoms with Crippen molar-refractivity contribution in [3.05, 3.63) is 28.8 Å². The van der Waals surface area contributed by atoms with Gasteiger partial charge in [0.05, 0.1) is 12.8 Å². The van der Waals surface area contributed by atoms with Gasteiger partial charge in [-0.2, -0.15) is 13.2 Å². The number of rotatable bonds is 3. The van der Waals surface area contributed by atoms with Crippen molar-refractivity contribution < 1.29 is 22.7 Å². The van der Waals surface area contributed by atoms with E-state index in [2.05, 4.69) is 10.3 Å². The predicted octanol–water partition coefficient (Wildman–Crippen LogP) is 4.14. The quantitative estimate of drug-likeness (QED) is 0.904. The fraction of sp³-hybridized carbons (Fsp3) is 0.429. The lowest BCUT2D eigenvalue weighted by Gasteiger charge is -2.33. The van der Waals surface area contributed by atoms with Crippen LogP contribution in [0.25, 0.3) is 0 Å². The van der Waals surface area contributed by atoms with Crippen molar-refractivity contribution in [2.75, 3.05) is 11.9 Å². The zero-order valence-electron chi connectivity index (χ0n) is 11.3. The van der Waals surface area contributed by atoms with E-state index < -0.39 is 17.8 Å². The predicted molar refractivity (Wildman–Crippen MR) is 75.4 cm³/mol. The van der Waals surface area contributed by atoms with Gasteiger partial charge in [-0.25, -0.2) is 9.79 Å². The molecule has 0 unspecified atom stereocenters. The number of nitrogens with one attached hydrogen (secondary N) is 1. The fourth-order valence-electron chi connectivity index (χ4n) is 2.26. The van der Waals surface area contributed by atoms with Crippen molar-refractivity contribution in [3.63, 3.8) is 0 Å². The van der Waals surface area contributed by atoms with Crippen LogP contribution in [0.4, 0.5) is 23.7 Å². The Morgan fingerprint density at radius 3 is 2.77 bits per heavy atom. The normalized spacial score (nSPS) is 24.6. The molecule has 4 nitrogen and oxygen atoms in total. The van der Waals surface area contributed by atoms with Gasteiger partial charge < -0.3 is 10.1 Å². The van der Waals surface area contributed by atoms with E-state index in [1.165, 1.54) is 12.1 Å². The molecule has 1 atom stereocenters. The Morgan fingerprint density at radius 2 is 2.14 bits per heavy atom. The maximum Gasteiger partial charge on any atom is 0.427 e. The number of ether oxygens (including phenoxy) is 1. The third kappa shape index (κ3) is 2.70. The molecule has 8 heteroatoms. The highest BCUT2D eigenvalue weighted by Gasteiger charge is 2.59. The first-order valence-corrected chi connectivity index (χ1v) is 7.06. The molecule has 3 rings (SSSR count). The van der Waals surface area contributed by atoms with Gasteiger partial charge in [-0.15, -0.1) is 0 Å². The topological polar surface area (TPSA) is 50.7 Å². The second-order valence-corrected chi connectivity index (χ2v) is 5.80. The lowest BCUT2D eigenvalue weighted by Crippen LogP contribution is -2.47. The van der Waals surface area contributed by atoms with Crippen molar-refractivity contribution in [1.29, 1.82) is 0 Å². The summed E-state index contributed by atoms with van der Waals surface area (Å²) >= 11 is 5.84. The monoisotopic (exact) mass is 332 g/mol. The smallest absolute Gasteiger partial charge is 0.356 e. The lowest BCUT2D eigenvalue weighted by molar-refractivity contribution is -0.252. The number of carbonyl (C=O) groups is 1. The first-order valence-electron chi connectivity index (χ1n) is 6.69. The molecule has 1 heterocycles. The highest BCUT2D eigenvalue weighted by molar-refractivity contribution is 6.30. The van der Waals surface area contributed by atoms with Gasteiger partial charge in [0.2, 0.25) is 5.60 Å². The van der Waals surface area contributed by atoms with Crippen molar-refractivity contribution >= 4 is 29.5 Å². The molecular weight excluding hydrogens is 321 g/mol. The van der Waals surface area contributed by atoms with Gasteiger partial charge in [0.1, 0.15) is 0 Å². The van der Waals surface area contributed by atoms with Crippen LogP contribution in [-0.4, -0.2) is 25.0 Å². The number of amides is 2. The van der Waals surface area contributed by atoms with Gasteiger partial charge in [0.25, 0.3) is 0 Å². The fourth-order valence-corrected chi connectivity index (χ4v) is 2.43. The summed E-state index contributed by atoms with van der Waals surface area (Å²) in [4.78, 5) is 14.9. The minimum atomic E-state index is -4.78. The number of carbonyl (C=O) groups excluding carboxylic acids is 1. The highest BCUT2D eigenvalue weighted by Crippen LogP contribution is 2.46. The number of fused-ring (bicyclic) bond motifs is 1. The van der Waals surface area contributed by atoms with Crippen LogP contribution in [0.2, 0.25) is 5.02 Å². The van der Waals surface area contributed by atoms with Crippen LogP contribution < -0.4 is 5.32 Å². The van der Waals surface area contributed by atoms with E-state index in [0.29, 0.717) is 6.21 Å². The molecule has 22 heavy (non-hydrogen) atoms. The summed E-state index contributed by atoms with van der Waals surface area (Å²) < 4.78 is 46.6. The second-order valence-electron chi connectivity index (χ2n) is 5.37. The van der Waals surface area contributed by atoms with Crippen molar-refractivity contribution in [1.82, 2.24) is 0 Å². The summed E-state index contributed by atoms with van der Waals surface area (Å²) in [5.74, 6) is 0.113. The molecule has 0 aromatic heterocycles. The van der Waals surface area contributed by atoms with Crippen molar-refractivity contribution in [2.24, 2.45) is 10.9 Å². The van der Waals surface area contributed by atoms with Gasteiger partial charge in [-0.3, -0.25) is 0 Å². The molecule has 0 spiro atoms. The molecule has 1 fully saturated rings. The van der Waals surface area contributed by atoms with Gasteiger partial charge in [0.15, 0.2) is 0 Å². The van der Waals surface area contributed by atoms with Gasteiger partial charge in [0, 0.05) is 16.3 Å². The molecule has 0 saturated heterocycles. The summed E-state index contributed by atoms with van der Waals surface area (Å²) in [5.41, 5.74) is -3.06. The van der Waals surface area contributed by atoms with Gasteiger partial charge in [-0.1, -0.05) is 11.6 Å². The number of alkyl halides is 3. The SMILES string of the molecule is O=C1N=C[C@](OCC2CC2)(C(F)(F)F)c2cc(Cl)ccc2N1. The third-order valence-corrected chi connectivity index (χ3v) is 3.89. The molecule has 1 aromatic carbocycles. The Bertz CT molecular complexity index is 643. The molecule has 1 aromatic rings. The van der Waals surface area contributed by atoms with E-state index in [1.807, 2.05) is 0 Å². The lowest BCUT2D eigenvalue weighted by atomic mass is 9.92. The molecule has 1 aliphatic carbocycles. The van der Waals surface area contributed by atoms with E-state index in [9.17, 15) is 18.0 Å². The minimum absolute atomic E-state index is 0.0139. The van der Waals surface area contributed by atoms with E-state index in [0.717, 1.165) is 18.9 Å². The highest BCUT2D eigenvalue weighted by atomic mass is 35.5. The second kappa shape index (κ2) is 5.24. The summed E-state index contributed by atoms with van der Waals surface area (Å²) in [5, 5.41) is 2.42. The van der Waals surface area contributed by atoms with Crippen molar-refractivity contribution in [2.45, 2.75) is 24.6 Å². The third-order valence-electron chi connectivity index (χ3n) is 3.65. The maximum absolute atomic E-state index is 13.8. The zero-order chi connectivity index (χ0) is 16.0. The van der Waals surface area contributed by atoms with E-state index in [-0.39, 0.29) is 28.8 Å². The summed E-state index contributed by atoms with van der Waals surface area (Å²) in [6.45, 7) is -0.0499. The Hall–Kier alpha value is -1.60. The molecule has 0 radical (unpaired) electrons. The summed E-state index contributed by atoms with van der Waals surface area (Å²) in [7, 11) is 0. The summed E-state index contributed by atoms with van der Waals surface area (Å²) in [6.07, 6.45) is -2.58. The number of urea groups is 1. The van der Waals surface area contributed by atoms with E-state index in [4.69, 9.17) is 16.3 Å². The van der Waals surface area contributed by atoms with Crippen LogP contribution in [-0.2, 0) is 10.3 Å². The van der Waals surface area contributed by atoms with Gasteiger partial charge in [-0.05, 0) is 37.0 Å². The number of anilines is 1. The molecule has 0 bridgehead atoms. The standard InChI is InChI=1S/C14H12ClF3N2O2/c15-9-3-4-11-10(5-9)13(14(16,17)18,7-19-12(21)20-11)22-6-8-1-2-8/h3-5,7-8H,1-2,6H2,(H,20,21)/t13-/m1/s1. The van der Waals surface area contributed by atoms with Gasteiger partial charge >= 0.3 is 12.2 Å². The van der Waals surface area contributed by atoms with Crippen LogP contribution in [0.5, 0.6) is 0 Å². The molecular formula is C14H12ClF3N2O2. The van der Waals surface area contributed by atoms with Crippen molar-refractivity contribution in [3.8, 4) is 0 Å². The number of aliphatic imine (C=N–C) groups is 1. The first-order chi connectivity index (χ1) is 10.3. The molecule has 2 aliphatic rings. The number of benzene rings is 1. The average Bonchev–Trinajstić information content (AvgIpc) is 3.24. The van der Waals surface area contributed by atoms with Crippen LogP contribution in [0.3, 0.4) is 0 Å². The number of halogens is 4. The molecule has 1 aliphatic heterocycles. The largest absolute Gasteiger partial charge is 0.427 e. The maximum atomic E-state index is 13.8. The number of hydrogen-bond acceptors (Lipinski definition) is 2. The zero-order valence-corrected chi connectivity index (χ0v) is 12.0. The average molecular weight is 333 g/mol. The Kier molecular flexibility index (Phi) is 3.65. The molecule has 118 valence electrons. The molecule has 1 saturated carbocycles. The molecule has 1 N–H and O–H groups in total.